The number of ether oxygens (including phenoxy) is 1. The number of amides is 1. The van der Waals surface area contributed by atoms with Gasteiger partial charge < -0.3 is 14.5 Å². The highest BCUT2D eigenvalue weighted by molar-refractivity contribution is 5.92. The van der Waals surface area contributed by atoms with Gasteiger partial charge in [0.2, 0.25) is 5.91 Å². The number of nitrogens with zero attached hydrogens (tertiary/aromatic N) is 2. The highest BCUT2D eigenvalue weighted by Crippen LogP contribution is 2.14. The van der Waals surface area contributed by atoms with Gasteiger partial charge in [0.25, 0.3) is 0 Å². The Morgan fingerprint density at radius 1 is 1.17 bits per heavy atom. The van der Waals surface area contributed by atoms with E-state index in [1.165, 1.54) is 0 Å². The predicted octanol–water partition coefficient (Wildman–Crippen LogP) is 3.22. The molecule has 0 saturated carbocycles. The second-order valence-corrected chi connectivity index (χ2v) is 5.37. The number of nitrogens with one attached hydrogen (secondary N) is 1. The average Bonchev–Trinajstić information content (AvgIpc) is 2.89. The summed E-state index contributed by atoms with van der Waals surface area (Å²) < 4.78 is 7.30. The molecule has 5 heteroatoms. The number of carbonyl (C=O) groups is 1. The minimum Gasteiger partial charge on any atom is -0.494 e. The third-order valence-corrected chi connectivity index (χ3v) is 3.45. The Balaban J connectivity index is 1.65. The molecule has 0 unspecified atom stereocenters. The Morgan fingerprint density at radius 2 is 1.96 bits per heavy atom. The Bertz CT molecular complexity index is 822. The Labute approximate surface area is 134 Å². The third kappa shape index (κ3) is 3.69. The molecular formula is C18H19N3O2. The van der Waals surface area contributed by atoms with Gasteiger partial charge in [-0.3, -0.25) is 4.79 Å². The molecule has 0 radical (unpaired) electrons. The van der Waals surface area contributed by atoms with E-state index in [0.717, 1.165) is 28.3 Å². The highest BCUT2D eigenvalue weighted by atomic mass is 16.5. The number of aryl methyl sites for hydroxylation is 1. The van der Waals surface area contributed by atoms with E-state index >= 15 is 0 Å². The van der Waals surface area contributed by atoms with Crippen molar-refractivity contribution >= 4 is 17.2 Å². The largest absolute Gasteiger partial charge is 0.494 e. The molecule has 0 spiro atoms. The second-order valence-electron chi connectivity index (χ2n) is 5.37. The summed E-state index contributed by atoms with van der Waals surface area (Å²) in [7, 11) is 0. The van der Waals surface area contributed by atoms with Crippen molar-refractivity contribution in [3.63, 3.8) is 0 Å². The summed E-state index contributed by atoms with van der Waals surface area (Å²) in [6.07, 6.45) is 4.12. The normalized spacial score (nSPS) is 10.7. The summed E-state index contributed by atoms with van der Waals surface area (Å²) in [5.74, 6) is 0.767. The fraction of sp³-hybridized carbons (Fsp3) is 0.222. The van der Waals surface area contributed by atoms with E-state index in [0.29, 0.717) is 13.0 Å². The molecule has 3 aromatic rings. The summed E-state index contributed by atoms with van der Waals surface area (Å²) in [5, 5.41) is 2.91. The third-order valence-electron chi connectivity index (χ3n) is 3.45. The van der Waals surface area contributed by atoms with Crippen LogP contribution in [0.3, 0.4) is 0 Å². The van der Waals surface area contributed by atoms with Crippen molar-refractivity contribution in [2.45, 2.75) is 20.3 Å². The Morgan fingerprint density at radius 3 is 2.70 bits per heavy atom. The molecule has 23 heavy (non-hydrogen) atoms. The van der Waals surface area contributed by atoms with E-state index in [1.54, 1.807) is 0 Å². The van der Waals surface area contributed by atoms with Crippen LogP contribution in [0.4, 0.5) is 5.69 Å². The zero-order valence-corrected chi connectivity index (χ0v) is 13.2. The van der Waals surface area contributed by atoms with E-state index in [-0.39, 0.29) is 5.91 Å². The van der Waals surface area contributed by atoms with Gasteiger partial charge in [0.1, 0.15) is 11.4 Å². The lowest BCUT2D eigenvalue weighted by Crippen LogP contribution is -2.14. The standard InChI is InChI=1S/C18H19N3O2/c1-3-23-16-7-4-14(5-8-16)10-18(22)20-15-6-9-17-19-13(2)11-21(17)12-15/h4-9,11-12H,3,10H2,1-2H3,(H,20,22). The molecule has 2 heterocycles. The molecule has 0 aliphatic carbocycles. The molecule has 5 nitrogen and oxygen atoms in total. The van der Waals surface area contributed by atoms with Crippen LogP contribution in [0, 0.1) is 6.92 Å². The number of benzene rings is 1. The van der Waals surface area contributed by atoms with Crippen molar-refractivity contribution in [2.24, 2.45) is 0 Å². The number of hydrogen-bond acceptors (Lipinski definition) is 3. The molecule has 0 fully saturated rings. The number of anilines is 1. The lowest BCUT2D eigenvalue weighted by Gasteiger charge is -2.07. The maximum Gasteiger partial charge on any atom is 0.228 e. The first-order valence-corrected chi connectivity index (χ1v) is 7.61. The number of hydrogen-bond donors (Lipinski definition) is 1. The maximum absolute atomic E-state index is 12.2. The lowest BCUT2D eigenvalue weighted by molar-refractivity contribution is -0.115. The monoisotopic (exact) mass is 309 g/mol. The van der Waals surface area contributed by atoms with Crippen LogP contribution in [-0.2, 0) is 11.2 Å². The molecule has 118 valence electrons. The molecule has 3 rings (SSSR count). The highest BCUT2D eigenvalue weighted by Gasteiger charge is 2.06. The van der Waals surface area contributed by atoms with Crippen LogP contribution in [0.25, 0.3) is 5.65 Å². The maximum atomic E-state index is 12.2. The van der Waals surface area contributed by atoms with Gasteiger partial charge in [0, 0.05) is 12.4 Å². The predicted molar refractivity (Wildman–Crippen MR) is 89.9 cm³/mol. The van der Waals surface area contributed by atoms with Gasteiger partial charge in [-0.2, -0.15) is 0 Å². The van der Waals surface area contributed by atoms with Gasteiger partial charge in [-0.05, 0) is 43.7 Å². The first kappa shape index (κ1) is 15.1. The average molecular weight is 309 g/mol. The van der Waals surface area contributed by atoms with Crippen molar-refractivity contribution in [3.8, 4) is 5.75 Å². The van der Waals surface area contributed by atoms with Crippen molar-refractivity contribution in [1.29, 1.82) is 0 Å². The van der Waals surface area contributed by atoms with Gasteiger partial charge in [-0.15, -0.1) is 0 Å². The summed E-state index contributed by atoms with van der Waals surface area (Å²) >= 11 is 0. The van der Waals surface area contributed by atoms with Crippen molar-refractivity contribution in [1.82, 2.24) is 9.38 Å². The second kappa shape index (κ2) is 6.52. The van der Waals surface area contributed by atoms with Crippen molar-refractivity contribution in [2.75, 3.05) is 11.9 Å². The molecule has 0 aliphatic rings. The fourth-order valence-corrected chi connectivity index (χ4v) is 2.45. The summed E-state index contributed by atoms with van der Waals surface area (Å²) in [5.41, 5.74) is 3.52. The number of pyridine rings is 1. The minimum atomic E-state index is -0.0506. The SMILES string of the molecule is CCOc1ccc(CC(=O)Nc2ccc3nc(C)cn3c2)cc1. The smallest absolute Gasteiger partial charge is 0.228 e. The van der Waals surface area contributed by atoms with Crippen LogP contribution in [0.15, 0.2) is 48.8 Å². The molecule has 0 aliphatic heterocycles. The van der Waals surface area contributed by atoms with Gasteiger partial charge in [0.05, 0.1) is 24.4 Å². The molecule has 2 aromatic heterocycles. The van der Waals surface area contributed by atoms with E-state index in [4.69, 9.17) is 4.74 Å². The van der Waals surface area contributed by atoms with Gasteiger partial charge in [-0.25, -0.2) is 4.98 Å². The van der Waals surface area contributed by atoms with Crippen LogP contribution >= 0.6 is 0 Å². The number of carbonyl (C=O) groups excluding carboxylic acids is 1. The minimum absolute atomic E-state index is 0.0506. The van der Waals surface area contributed by atoms with Gasteiger partial charge in [0.15, 0.2) is 0 Å². The number of fused-ring (bicyclic) bond motifs is 1. The van der Waals surface area contributed by atoms with Gasteiger partial charge >= 0.3 is 0 Å². The van der Waals surface area contributed by atoms with Crippen LogP contribution in [-0.4, -0.2) is 21.9 Å². The topological polar surface area (TPSA) is 55.6 Å². The Hall–Kier alpha value is -2.82. The van der Waals surface area contributed by atoms with Crippen LogP contribution < -0.4 is 10.1 Å². The molecule has 1 aromatic carbocycles. The summed E-state index contributed by atoms with van der Waals surface area (Å²) in [6.45, 7) is 4.52. The first-order valence-electron chi connectivity index (χ1n) is 7.61. The molecular weight excluding hydrogens is 290 g/mol. The number of rotatable bonds is 5. The molecule has 0 atom stereocenters. The molecule has 0 bridgehead atoms. The Kier molecular flexibility index (Phi) is 4.28. The quantitative estimate of drug-likeness (QED) is 0.787. The summed E-state index contributed by atoms with van der Waals surface area (Å²) in [6, 6.07) is 11.3. The van der Waals surface area contributed by atoms with Crippen molar-refractivity contribution < 1.29 is 9.53 Å². The molecule has 1 N–H and O–H groups in total. The zero-order chi connectivity index (χ0) is 16.2. The molecule has 0 saturated heterocycles. The van der Waals surface area contributed by atoms with Crippen molar-refractivity contribution in [3.05, 3.63) is 60.0 Å². The van der Waals surface area contributed by atoms with Crippen LogP contribution in [0.1, 0.15) is 18.2 Å². The number of imidazole rings is 1. The first-order chi connectivity index (χ1) is 11.1. The molecule has 1 amide bonds. The fourth-order valence-electron chi connectivity index (χ4n) is 2.45. The van der Waals surface area contributed by atoms with E-state index in [1.807, 2.05) is 67.0 Å². The van der Waals surface area contributed by atoms with E-state index in [2.05, 4.69) is 10.3 Å². The van der Waals surface area contributed by atoms with Crippen LogP contribution in [0.5, 0.6) is 5.75 Å². The lowest BCUT2D eigenvalue weighted by atomic mass is 10.1. The van der Waals surface area contributed by atoms with E-state index in [9.17, 15) is 4.79 Å². The number of aromatic nitrogens is 2. The van der Waals surface area contributed by atoms with Crippen LogP contribution in [0.2, 0.25) is 0 Å². The summed E-state index contributed by atoms with van der Waals surface area (Å²) in [4.78, 5) is 16.5. The van der Waals surface area contributed by atoms with E-state index < -0.39 is 0 Å². The van der Waals surface area contributed by atoms with Gasteiger partial charge in [-0.1, -0.05) is 12.1 Å². The zero-order valence-electron chi connectivity index (χ0n) is 13.2.